The van der Waals surface area contributed by atoms with Gasteiger partial charge in [0, 0.05) is 0 Å². The lowest BCUT2D eigenvalue weighted by molar-refractivity contribution is -0.389. The van der Waals surface area contributed by atoms with Gasteiger partial charge in [0.15, 0.2) is 0 Å². The molecular formula is C14H15FN4O3. The monoisotopic (exact) mass is 306 g/mol. The first-order valence-corrected chi connectivity index (χ1v) is 6.60. The molecule has 1 N–H and O–H groups in total. The average molecular weight is 306 g/mol. The average Bonchev–Trinajstić information content (AvgIpc) is 2.81. The lowest BCUT2D eigenvalue weighted by Gasteiger charge is -2.14. The molecule has 2 rings (SSSR count). The number of nitrogens with zero attached hydrogens (tertiary/aromatic N) is 3. The van der Waals surface area contributed by atoms with E-state index < -0.39 is 4.92 Å². The molecule has 1 unspecified atom stereocenters. The molecule has 0 spiro atoms. The summed E-state index contributed by atoms with van der Waals surface area (Å²) in [7, 11) is 0. The summed E-state index contributed by atoms with van der Waals surface area (Å²) in [5.41, 5.74) is 1.29. The van der Waals surface area contributed by atoms with Gasteiger partial charge in [0.1, 0.15) is 12.4 Å². The second-order valence-corrected chi connectivity index (χ2v) is 4.90. The van der Waals surface area contributed by atoms with Crippen LogP contribution in [0.25, 0.3) is 0 Å². The summed E-state index contributed by atoms with van der Waals surface area (Å²) in [6, 6.07) is 6.81. The summed E-state index contributed by atoms with van der Waals surface area (Å²) >= 11 is 0. The molecule has 1 aromatic carbocycles. The zero-order chi connectivity index (χ0) is 16.3. The fourth-order valence-electron chi connectivity index (χ4n) is 2.00. The second kappa shape index (κ2) is 6.33. The molecule has 0 bridgehead atoms. The van der Waals surface area contributed by atoms with Crippen LogP contribution in [0.1, 0.15) is 24.2 Å². The van der Waals surface area contributed by atoms with Crippen molar-refractivity contribution < 1.29 is 14.1 Å². The third kappa shape index (κ3) is 3.66. The van der Waals surface area contributed by atoms with Crippen LogP contribution in [0.2, 0.25) is 0 Å². The first kappa shape index (κ1) is 15.6. The molecule has 1 amide bonds. The Balaban J connectivity index is 2.00. The van der Waals surface area contributed by atoms with Crippen molar-refractivity contribution in [2.24, 2.45) is 0 Å². The number of amides is 1. The van der Waals surface area contributed by atoms with Crippen LogP contribution in [0.4, 0.5) is 10.2 Å². The Labute approximate surface area is 125 Å². The minimum Gasteiger partial charge on any atom is -0.358 e. The predicted octanol–water partition coefficient (Wildman–Crippen LogP) is 2.12. The molecule has 0 fully saturated rings. The number of rotatable bonds is 5. The van der Waals surface area contributed by atoms with Gasteiger partial charge in [-0.15, -0.1) is 0 Å². The number of benzene rings is 1. The molecule has 2 aromatic rings. The van der Waals surface area contributed by atoms with Gasteiger partial charge in [0.05, 0.1) is 22.9 Å². The second-order valence-electron chi connectivity index (χ2n) is 4.90. The number of aryl methyl sites for hydroxylation is 1. The van der Waals surface area contributed by atoms with Gasteiger partial charge in [0.25, 0.3) is 0 Å². The standard InChI is InChI=1S/C14H15FN4O3/c1-9-7-13(19(21)22)17-18(9)8-14(20)16-10(2)11-3-5-12(15)6-4-11/h3-7,10H,8H2,1-2H3,(H,16,20). The van der Waals surface area contributed by atoms with E-state index in [1.54, 1.807) is 26.0 Å². The number of carbonyl (C=O) groups excluding carboxylic acids is 1. The van der Waals surface area contributed by atoms with E-state index in [4.69, 9.17) is 0 Å². The van der Waals surface area contributed by atoms with E-state index in [0.717, 1.165) is 5.56 Å². The Bertz CT molecular complexity index is 697. The third-order valence-electron chi connectivity index (χ3n) is 3.20. The summed E-state index contributed by atoms with van der Waals surface area (Å²) in [5.74, 6) is -0.975. The van der Waals surface area contributed by atoms with Gasteiger partial charge in [-0.2, -0.15) is 4.68 Å². The quantitative estimate of drug-likeness (QED) is 0.676. The topological polar surface area (TPSA) is 90.1 Å². The third-order valence-corrected chi connectivity index (χ3v) is 3.20. The lowest BCUT2D eigenvalue weighted by Crippen LogP contribution is -2.30. The lowest BCUT2D eigenvalue weighted by atomic mass is 10.1. The van der Waals surface area contributed by atoms with Gasteiger partial charge in [-0.05, 0) is 36.5 Å². The highest BCUT2D eigenvalue weighted by Crippen LogP contribution is 2.14. The Morgan fingerprint density at radius 1 is 1.45 bits per heavy atom. The molecule has 0 aliphatic heterocycles. The van der Waals surface area contributed by atoms with Crippen molar-refractivity contribution in [2.75, 3.05) is 0 Å². The zero-order valence-corrected chi connectivity index (χ0v) is 12.1. The van der Waals surface area contributed by atoms with Crippen LogP contribution in [0, 0.1) is 22.9 Å². The van der Waals surface area contributed by atoms with Crippen LogP contribution < -0.4 is 5.32 Å². The molecule has 7 nitrogen and oxygen atoms in total. The zero-order valence-electron chi connectivity index (χ0n) is 12.1. The number of nitrogens with one attached hydrogen (secondary N) is 1. The van der Waals surface area contributed by atoms with Gasteiger partial charge >= 0.3 is 5.82 Å². The molecule has 0 aliphatic rings. The first-order valence-electron chi connectivity index (χ1n) is 6.60. The highest BCUT2D eigenvalue weighted by atomic mass is 19.1. The summed E-state index contributed by atoms with van der Waals surface area (Å²) in [4.78, 5) is 22.0. The van der Waals surface area contributed by atoms with E-state index in [2.05, 4.69) is 10.4 Å². The van der Waals surface area contributed by atoms with Crippen molar-refractivity contribution in [1.29, 1.82) is 0 Å². The van der Waals surface area contributed by atoms with Gasteiger partial charge in [-0.25, -0.2) is 4.39 Å². The minimum absolute atomic E-state index is 0.120. The van der Waals surface area contributed by atoms with Gasteiger partial charge in [-0.3, -0.25) is 4.79 Å². The van der Waals surface area contributed by atoms with Crippen LogP contribution in [0.3, 0.4) is 0 Å². The number of aromatic nitrogens is 2. The number of hydrogen-bond acceptors (Lipinski definition) is 4. The van der Waals surface area contributed by atoms with E-state index in [1.165, 1.54) is 22.9 Å². The highest BCUT2D eigenvalue weighted by Gasteiger charge is 2.18. The molecule has 22 heavy (non-hydrogen) atoms. The van der Waals surface area contributed by atoms with E-state index in [0.29, 0.717) is 5.69 Å². The van der Waals surface area contributed by atoms with Gasteiger partial charge < -0.3 is 15.4 Å². The first-order chi connectivity index (χ1) is 10.4. The van der Waals surface area contributed by atoms with Crippen LogP contribution in [0.15, 0.2) is 30.3 Å². The molecule has 8 heteroatoms. The molecule has 1 atom stereocenters. The van der Waals surface area contributed by atoms with Gasteiger partial charge in [-0.1, -0.05) is 12.1 Å². The molecule has 116 valence electrons. The van der Waals surface area contributed by atoms with E-state index in [-0.39, 0.29) is 30.1 Å². The molecule has 0 saturated heterocycles. The van der Waals surface area contributed by atoms with Crippen molar-refractivity contribution >= 4 is 11.7 Å². The van der Waals surface area contributed by atoms with Crippen LogP contribution >= 0.6 is 0 Å². The highest BCUT2D eigenvalue weighted by molar-refractivity contribution is 5.76. The van der Waals surface area contributed by atoms with Gasteiger partial charge in [0.2, 0.25) is 5.91 Å². The molecule has 0 aliphatic carbocycles. The Morgan fingerprint density at radius 2 is 2.09 bits per heavy atom. The smallest absolute Gasteiger partial charge is 0.358 e. The molecule has 0 saturated carbocycles. The Morgan fingerprint density at radius 3 is 2.64 bits per heavy atom. The normalized spacial score (nSPS) is 12.0. The van der Waals surface area contributed by atoms with Crippen LogP contribution in [0.5, 0.6) is 0 Å². The fraction of sp³-hybridized carbons (Fsp3) is 0.286. The van der Waals surface area contributed by atoms with E-state index >= 15 is 0 Å². The molecule has 0 radical (unpaired) electrons. The van der Waals surface area contributed by atoms with Crippen LogP contribution in [-0.4, -0.2) is 20.6 Å². The van der Waals surface area contributed by atoms with Crippen molar-refractivity contribution in [1.82, 2.24) is 15.1 Å². The number of hydrogen-bond donors (Lipinski definition) is 1. The van der Waals surface area contributed by atoms with E-state index in [9.17, 15) is 19.3 Å². The largest absolute Gasteiger partial charge is 0.390 e. The number of halogens is 1. The van der Waals surface area contributed by atoms with Crippen LogP contribution in [-0.2, 0) is 11.3 Å². The SMILES string of the molecule is Cc1cc([N+](=O)[O-])nn1CC(=O)NC(C)c1ccc(F)cc1. The number of nitro groups is 1. The Kier molecular flexibility index (Phi) is 4.50. The molecular weight excluding hydrogens is 291 g/mol. The summed E-state index contributed by atoms with van der Waals surface area (Å²) in [6.07, 6.45) is 0. The molecule has 1 aromatic heterocycles. The van der Waals surface area contributed by atoms with Crippen molar-refractivity contribution in [2.45, 2.75) is 26.4 Å². The molecule has 1 heterocycles. The summed E-state index contributed by atoms with van der Waals surface area (Å²) in [6.45, 7) is 3.28. The fourth-order valence-corrected chi connectivity index (χ4v) is 2.00. The minimum atomic E-state index is -0.609. The van der Waals surface area contributed by atoms with Crippen molar-refractivity contribution in [3.05, 3.63) is 57.5 Å². The van der Waals surface area contributed by atoms with E-state index in [1.807, 2.05) is 0 Å². The maximum atomic E-state index is 12.9. The predicted molar refractivity (Wildman–Crippen MR) is 76.6 cm³/mol. The number of carbonyl (C=O) groups is 1. The summed E-state index contributed by atoms with van der Waals surface area (Å²) < 4.78 is 14.1. The maximum Gasteiger partial charge on any atom is 0.390 e. The van der Waals surface area contributed by atoms with Crippen molar-refractivity contribution in [3.8, 4) is 0 Å². The summed E-state index contributed by atoms with van der Waals surface area (Å²) in [5, 5.41) is 17.1. The van der Waals surface area contributed by atoms with Crippen molar-refractivity contribution in [3.63, 3.8) is 0 Å². The Hall–Kier alpha value is -2.77. The maximum absolute atomic E-state index is 12.9.